The van der Waals surface area contributed by atoms with E-state index < -0.39 is 0 Å². The monoisotopic (exact) mass is 311 g/mol. The van der Waals surface area contributed by atoms with Crippen LogP contribution in [0.5, 0.6) is 0 Å². The van der Waals surface area contributed by atoms with Gasteiger partial charge in [-0.05, 0) is 42.5 Å². The molecule has 0 aliphatic rings. The van der Waals surface area contributed by atoms with E-state index in [1.165, 1.54) is 24.8 Å². The first-order chi connectivity index (χ1) is 8.63. The van der Waals surface area contributed by atoms with E-state index in [-0.39, 0.29) is 0 Å². The van der Waals surface area contributed by atoms with E-state index in [1.54, 1.807) is 0 Å². The van der Waals surface area contributed by atoms with Crippen LogP contribution >= 0.6 is 15.9 Å². The Hall–Kier alpha value is -0.340. The van der Waals surface area contributed by atoms with Crippen LogP contribution in [0, 0.1) is 5.92 Å². The van der Waals surface area contributed by atoms with Crippen LogP contribution in [-0.4, -0.2) is 13.1 Å². The summed E-state index contributed by atoms with van der Waals surface area (Å²) >= 11 is 3.50. The molecule has 0 aromatic heterocycles. The molecule has 0 bridgehead atoms. The Bertz CT molecular complexity index is 318. The number of hydrogen-bond donors (Lipinski definition) is 1. The largest absolute Gasteiger partial charge is 0.316 e. The fraction of sp³-hybridized carbons (Fsp3) is 0.625. The first-order valence-corrected chi connectivity index (χ1v) is 7.89. The molecular formula is C16H26BrN. The van der Waals surface area contributed by atoms with Gasteiger partial charge in [-0.2, -0.15) is 0 Å². The van der Waals surface area contributed by atoms with Gasteiger partial charge in [-0.1, -0.05) is 61.7 Å². The van der Waals surface area contributed by atoms with Gasteiger partial charge in [0, 0.05) is 11.0 Å². The zero-order valence-electron chi connectivity index (χ0n) is 11.9. The van der Waals surface area contributed by atoms with Crippen LogP contribution in [0.3, 0.4) is 0 Å². The van der Waals surface area contributed by atoms with Crippen molar-refractivity contribution in [2.75, 3.05) is 13.1 Å². The average Bonchev–Trinajstić information content (AvgIpc) is 2.34. The molecule has 0 amide bonds. The van der Waals surface area contributed by atoms with Crippen molar-refractivity contribution in [2.24, 2.45) is 5.92 Å². The maximum absolute atomic E-state index is 3.50. The van der Waals surface area contributed by atoms with Crippen LogP contribution in [0.4, 0.5) is 0 Å². The molecule has 0 radical (unpaired) electrons. The number of hydrogen-bond acceptors (Lipinski definition) is 1. The lowest BCUT2D eigenvalue weighted by molar-refractivity contribution is 0.483. The first-order valence-electron chi connectivity index (χ1n) is 7.09. The van der Waals surface area contributed by atoms with Gasteiger partial charge < -0.3 is 5.32 Å². The molecule has 102 valence electrons. The zero-order valence-corrected chi connectivity index (χ0v) is 13.5. The fourth-order valence-electron chi connectivity index (χ4n) is 2.21. The highest BCUT2D eigenvalue weighted by atomic mass is 79.9. The predicted octanol–water partition coefficient (Wildman–Crippen LogP) is 4.97. The molecule has 1 unspecified atom stereocenters. The summed E-state index contributed by atoms with van der Waals surface area (Å²) in [6, 6.07) is 8.80. The van der Waals surface area contributed by atoms with E-state index in [2.05, 4.69) is 66.3 Å². The van der Waals surface area contributed by atoms with Crippen LogP contribution < -0.4 is 5.32 Å². The van der Waals surface area contributed by atoms with Crippen molar-refractivity contribution in [1.29, 1.82) is 0 Å². The van der Waals surface area contributed by atoms with Crippen LogP contribution in [0.1, 0.15) is 51.5 Å². The molecule has 1 rings (SSSR count). The summed E-state index contributed by atoms with van der Waals surface area (Å²) in [5.74, 6) is 1.46. The van der Waals surface area contributed by atoms with Gasteiger partial charge in [-0.15, -0.1) is 0 Å². The number of benzene rings is 1. The molecule has 2 heteroatoms. The second-order valence-electron chi connectivity index (χ2n) is 5.38. The molecule has 0 saturated carbocycles. The van der Waals surface area contributed by atoms with Gasteiger partial charge in [-0.25, -0.2) is 0 Å². The Labute approximate surface area is 120 Å². The lowest BCUT2D eigenvalue weighted by Crippen LogP contribution is -2.21. The van der Waals surface area contributed by atoms with E-state index in [0.29, 0.717) is 5.92 Å². The normalized spacial score (nSPS) is 12.9. The molecule has 1 aromatic carbocycles. The summed E-state index contributed by atoms with van der Waals surface area (Å²) < 4.78 is 1.16. The number of halogens is 1. The van der Waals surface area contributed by atoms with Crippen molar-refractivity contribution in [1.82, 2.24) is 5.32 Å². The molecule has 0 saturated heterocycles. The molecule has 0 fully saturated rings. The molecule has 1 nitrogen and oxygen atoms in total. The minimum Gasteiger partial charge on any atom is -0.316 e. The summed E-state index contributed by atoms with van der Waals surface area (Å²) in [4.78, 5) is 0. The van der Waals surface area contributed by atoms with Crippen LogP contribution in [0.25, 0.3) is 0 Å². The quantitative estimate of drug-likeness (QED) is 0.715. The minimum atomic E-state index is 0.650. The topological polar surface area (TPSA) is 12.0 Å². The third-order valence-corrected chi connectivity index (χ3v) is 3.84. The van der Waals surface area contributed by atoms with Crippen molar-refractivity contribution >= 4 is 15.9 Å². The Kier molecular flexibility index (Phi) is 7.60. The molecule has 1 aromatic rings. The highest BCUT2D eigenvalue weighted by Crippen LogP contribution is 2.24. The molecular weight excluding hydrogens is 286 g/mol. The second kappa shape index (κ2) is 8.71. The standard InChI is InChI=1S/C16H26BrN/c1-4-18-12-15(7-5-6-13(2)3)14-8-10-16(17)11-9-14/h8-11,13,15,18H,4-7,12H2,1-3H3. The predicted molar refractivity (Wildman–Crippen MR) is 84.1 cm³/mol. The van der Waals surface area contributed by atoms with Gasteiger partial charge in [0.25, 0.3) is 0 Å². The number of nitrogens with one attached hydrogen (secondary N) is 1. The Morgan fingerprint density at radius 1 is 1.11 bits per heavy atom. The smallest absolute Gasteiger partial charge is 0.0175 e. The molecule has 1 N–H and O–H groups in total. The third kappa shape index (κ3) is 6.01. The molecule has 18 heavy (non-hydrogen) atoms. The molecule has 0 aliphatic carbocycles. The van der Waals surface area contributed by atoms with Gasteiger partial charge in [0.05, 0.1) is 0 Å². The van der Waals surface area contributed by atoms with Gasteiger partial charge in [0.15, 0.2) is 0 Å². The molecule has 0 heterocycles. The maximum atomic E-state index is 3.50. The van der Waals surface area contributed by atoms with Crippen molar-refractivity contribution < 1.29 is 0 Å². The lowest BCUT2D eigenvalue weighted by Gasteiger charge is -2.18. The van der Waals surface area contributed by atoms with E-state index in [0.717, 1.165) is 23.5 Å². The highest BCUT2D eigenvalue weighted by Gasteiger charge is 2.11. The van der Waals surface area contributed by atoms with Crippen LogP contribution in [0.15, 0.2) is 28.7 Å². The molecule has 1 atom stereocenters. The third-order valence-electron chi connectivity index (χ3n) is 3.32. The lowest BCUT2D eigenvalue weighted by atomic mass is 9.92. The van der Waals surface area contributed by atoms with Gasteiger partial charge in [0.1, 0.15) is 0 Å². The molecule has 0 spiro atoms. The molecule has 0 aliphatic heterocycles. The maximum Gasteiger partial charge on any atom is 0.0175 e. The van der Waals surface area contributed by atoms with E-state index in [4.69, 9.17) is 0 Å². The minimum absolute atomic E-state index is 0.650. The Morgan fingerprint density at radius 3 is 2.33 bits per heavy atom. The van der Waals surface area contributed by atoms with E-state index >= 15 is 0 Å². The highest BCUT2D eigenvalue weighted by molar-refractivity contribution is 9.10. The Balaban J connectivity index is 2.56. The second-order valence-corrected chi connectivity index (χ2v) is 6.30. The van der Waals surface area contributed by atoms with E-state index in [9.17, 15) is 0 Å². The SMILES string of the molecule is CCNCC(CCCC(C)C)c1ccc(Br)cc1. The summed E-state index contributed by atoms with van der Waals surface area (Å²) in [5, 5.41) is 3.49. The number of rotatable bonds is 8. The summed E-state index contributed by atoms with van der Waals surface area (Å²) in [7, 11) is 0. The summed E-state index contributed by atoms with van der Waals surface area (Å²) in [5.41, 5.74) is 1.46. The van der Waals surface area contributed by atoms with Crippen LogP contribution in [0.2, 0.25) is 0 Å². The Morgan fingerprint density at radius 2 is 1.78 bits per heavy atom. The van der Waals surface area contributed by atoms with Crippen molar-refractivity contribution in [3.63, 3.8) is 0 Å². The fourth-order valence-corrected chi connectivity index (χ4v) is 2.48. The zero-order chi connectivity index (χ0) is 13.4. The van der Waals surface area contributed by atoms with Gasteiger partial charge in [-0.3, -0.25) is 0 Å². The van der Waals surface area contributed by atoms with Crippen molar-refractivity contribution in [2.45, 2.75) is 46.0 Å². The first kappa shape index (κ1) is 15.7. The average molecular weight is 312 g/mol. The summed E-state index contributed by atoms with van der Waals surface area (Å²) in [6.07, 6.45) is 3.94. The van der Waals surface area contributed by atoms with Crippen molar-refractivity contribution in [3.05, 3.63) is 34.3 Å². The van der Waals surface area contributed by atoms with E-state index in [1.807, 2.05) is 0 Å². The van der Waals surface area contributed by atoms with Gasteiger partial charge in [0.2, 0.25) is 0 Å². The summed E-state index contributed by atoms with van der Waals surface area (Å²) in [6.45, 7) is 8.93. The van der Waals surface area contributed by atoms with Gasteiger partial charge >= 0.3 is 0 Å². The van der Waals surface area contributed by atoms with Crippen LogP contribution in [-0.2, 0) is 0 Å². The number of likely N-dealkylation sites (N-methyl/N-ethyl adjacent to an activating group) is 1. The van der Waals surface area contributed by atoms with Crippen molar-refractivity contribution in [3.8, 4) is 0 Å².